The van der Waals surface area contributed by atoms with Gasteiger partial charge in [-0.15, -0.1) is 0 Å². The molecule has 4 rings (SSSR count). The van der Waals surface area contributed by atoms with Gasteiger partial charge in [-0.3, -0.25) is 29.1 Å². The minimum Gasteiger partial charge on any atom is -0.497 e. The van der Waals surface area contributed by atoms with Gasteiger partial charge in [-0.05, 0) is 24.9 Å². The van der Waals surface area contributed by atoms with Crippen molar-refractivity contribution in [3.63, 3.8) is 0 Å². The van der Waals surface area contributed by atoms with E-state index in [2.05, 4.69) is 20.6 Å². The zero-order valence-corrected chi connectivity index (χ0v) is 22.1. The summed E-state index contributed by atoms with van der Waals surface area (Å²) in [7, 11) is 0.295. The predicted octanol–water partition coefficient (Wildman–Crippen LogP) is 0.175. The number of fused-ring (bicyclic) bond motifs is 2. The summed E-state index contributed by atoms with van der Waals surface area (Å²) in [5, 5.41) is 5.60. The molecule has 1 aromatic heterocycles. The molecular weight excluding hydrogens is 505 g/mol. The largest absolute Gasteiger partial charge is 0.622 e. The van der Waals surface area contributed by atoms with Crippen LogP contribution in [0.4, 0.5) is 0 Å². The van der Waals surface area contributed by atoms with Crippen LogP contribution in [-0.4, -0.2) is 90.1 Å². The highest BCUT2D eigenvalue weighted by Gasteiger charge is 2.48. The van der Waals surface area contributed by atoms with Crippen molar-refractivity contribution in [2.24, 2.45) is 5.92 Å². The van der Waals surface area contributed by atoms with Crippen molar-refractivity contribution in [1.82, 2.24) is 25.5 Å². The maximum Gasteiger partial charge on any atom is 0.622 e. The topological polar surface area (TPSA) is 149 Å². The molecule has 12 nitrogen and oxygen atoms in total. The molecule has 3 heterocycles. The highest BCUT2D eigenvalue weighted by atomic mass is 16.6. The third-order valence-electron chi connectivity index (χ3n) is 6.63. The van der Waals surface area contributed by atoms with Gasteiger partial charge < -0.3 is 24.7 Å². The highest BCUT2D eigenvalue weighted by Crippen LogP contribution is 2.21. The fourth-order valence-corrected chi connectivity index (χ4v) is 4.52. The van der Waals surface area contributed by atoms with E-state index in [1.54, 1.807) is 11.9 Å². The van der Waals surface area contributed by atoms with E-state index in [-0.39, 0.29) is 31.2 Å². The number of ether oxygens (including phenoxy) is 1. The molecule has 39 heavy (non-hydrogen) atoms. The molecule has 1 aromatic carbocycles. The number of nitrogens with one attached hydrogen (secondary N) is 2. The van der Waals surface area contributed by atoms with E-state index in [4.69, 9.17) is 14.0 Å². The SMILES string of the molecule is CC(C)CC(NC(=O)C(Cc1ccccc1)NC(=O)c1cnccn1)B1OC(=O)[C@@H]2COC[C@@H](C(=O)O1)N2C. The van der Waals surface area contributed by atoms with Gasteiger partial charge in [-0.25, -0.2) is 4.98 Å². The smallest absolute Gasteiger partial charge is 0.497 e. The minimum atomic E-state index is -1.35. The molecule has 2 bridgehead atoms. The molecule has 2 aliphatic rings. The molecule has 0 saturated carbocycles. The summed E-state index contributed by atoms with van der Waals surface area (Å²) in [5.41, 5.74) is 0.875. The summed E-state index contributed by atoms with van der Waals surface area (Å²) in [6.45, 7) is 4.03. The minimum absolute atomic E-state index is 0.0467. The van der Waals surface area contributed by atoms with E-state index in [9.17, 15) is 19.2 Å². The maximum absolute atomic E-state index is 13.6. The molecule has 2 saturated heterocycles. The second-order valence-electron chi connectivity index (χ2n) is 10.0. The van der Waals surface area contributed by atoms with Crippen molar-refractivity contribution in [1.29, 1.82) is 0 Å². The van der Waals surface area contributed by atoms with Gasteiger partial charge in [0.1, 0.15) is 23.8 Å². The van der Waals surface area contributed by atoms with E-state index < -0.39 is 54.9 Å². The molecule has 2 unspecified atom stereocenters. The van der Waals surface area contributed by atoms with Gasteiger partial charge in [-0.2, -0.15) is 0 Å². The zero-order valence-electron chi connectivity index (χ0n) is 22.1. The summed E-state index contributed by atoms with van der Waals surface area (Å²) in [6.07, 6.45) is 4.66. The molecule has 13 heteroatoms. The quantitative estimate of drug-likeness (QED) is 0.424. The lowest BCUT2D eigenvalue weighted by atomic mass is 9.73. The van der Waals surface area contributed by atoms with Crippen LogP contribution >= 0.6 is 0 Å². The van der Waals surface area contributed by atoms with Crippen LogP contribution in [0, 0.1) is 5.92 Å². The van der Waals surface area contributed by atoms with Crippen LogP contribution < -0.4 is 10.6 Å². The number of hydrogen-bond donors (Lipinski definition) is 2. The number of aromatic nitrogens is 2. The number of rotatable bonds is 9. The van der Waals surface area contributed by atoms with Crippen molar-refractivity contribution >= 4 is 30.9 Å². The van der Waals surface area contributed by atoms with Crippen LogP contribution in [-0.2, 0) is 34.9 Å². The molecule has 2 aliphatic heterocycles. The lowest BCUT2D eigenvalue weighted by Gasteiger charge is -2.40. The average molecular weight is 537 g/mol. The van der Waals surface area contributed by atoms with Crippen LogP contribution in [0.5, 0.6) is 0 Å². The van der Waals surface area contributed by atoms with Crippen molar-refractivity contribution in [3.8, 4) is 0 Å². The first-order valence-electron chi connectivity index (χ1n) is 12.8. The number of likely N-dealkylation sites (N-methyl/N-ethyl adjacent to an activating group) is 1. The van der Waals surface area contributed by atoms with E-state index in [0.717, 1.165) is 5.56 Å². The van der Waals surface area contributed by atoms with E-state index in [1.165, 1.54) is 18.6 Å². The first-order chi connectivity index (χ1) is 18.7. The average Bonchev–Trinajstić information content (AvgIpc) is 2.92. The lowest BCUT2D eigenvalue weighted by molar-refractivity contribution is -0.166. The van der Waals surface area contributed by atoms with Crippen LogP contribution in [0.25, 0.3) is 0 Å². The van der Waals surface area contributed by atoms with Gasteiger partial charge in [-0.1, -0.05) is 44.2 Å². The fourth-order valence-electron chi connectivity index (χ4n) is 4.52. The van der Waals surface area contributed by atoms with Gasteiger partial charge >= 0.3 is 19.1 Å². The molecule has 2 aromatic rings. The molecule has 0 aliphatic carbocycles. The summed E-state index contributed by atoms with van der Waals surface area (Å²) in [4.78, 5) is 61.9. The monoisotopic (exact) mass is 537 g/mol. The Bertz CT molecular complexity index is 1140. The predicted molar refractivity (Wildman–Crippen MR) is 139 cm³/mol. The molecule has 2 fully saturated rings. The molecule has 4 atom stereocenters. The van der Waals surface area contributed by atoms with Gasteiger partial charge in [0.25, 0.3) is 5.91 Å². The summed E-state index contributed by atoms with van der Waals surface area (Å²) in [5.74, 6) is -3.14. The zero-order chi connectivity index (χ0) is 27.9. The Morgan fingerprint density at radius 2 is 1.72 bits per heavy atom. The van der Waals surface area contributed by atoms with Gasteiger partial charge in [0.2, 0.25) is 5.91 Å². The molecule has 0 radical (unpaired) electrons. The number of nitrogens with zero attached hydrogens (tertiary/aromatic N) is 3. The van der Waals surface area contributed by atoms with Crippen LogP contribution in [0.15, 0.2) is 48.9 Å². The number of carbonyl (C=O) groups excluding carboxylic acids is 4. The molecule has 206 valence electrons. The first-order valence-corrected chi connectivity index (χ1v) is 12.8. The Labute approximate surface area is 226 Å². The van der Waals surface area contributed by atoms with Crippen LogP contribution in [0.1, 0.15) is 36.3 Å². The Hall–Kier alpha value is -3.84. The summed E-state index contributed by atoms with van der Waals surface area (Å²) < 4.78 is 16.6. The normalized spacial score (nSPS) is 21.2. The van der Waals surface area contributed by atoms with Crippen molar-refractivity contribution in [3.05, 3.63) is 60.2 Å². The van der Waals surface area contributed by atoms with Crippen molar-refractivity contribution < 1.29 is 33.2 Å². The van der Waals surface area contributed by atoms with Gasteiger partial charge in [0, 0.05) is 18.8 Å². The Morgan fingerprint density at radius 1 is 1.05 bits per heavy atom. The highest BCUT2D eigenvalue weighted by molar-refractivity contribution is 6.51. The number of carbonyl (C=O) groups is 4. The molecule has 0 spiro atoms. The lowest BCUT2D eigenvalue weighted by Crippen LogP contribution is -2.64. The third kappa shape index (κ3) is 7.18. The van der Waals surface area contributed by atoms with Gasteiger partial charge in [0.15, 0.2) is 0 Å². The van der Waals surface area contributed by atoms with Crippen molar-refractivity contribution in [2.45, 2.75) is 50.8 Å². The second kappa shape index (κ2) is 12.8. The maximum atomic E-state index is 13.6. The number of morpholine rings is 1. The second-order valence-corrected chi connectivity index (χ2v) is 10.0. The Kier molecular flexibility index (Phi) is 9.26. The van der Waals surface area contributed by atoms with Crippen LogP contribution in [0.2, 0.25) is 0 Å². The molecular formula is C26H32BN5O7. The van der Waals surface area contributed by atoms with Crippen LogP contribution in [0.3, 0.4) is 0 Å². The molecule has 2 amide bonds. The first kappa shape index (κ1) is 28.2. The third-order valence-corrected chi connectivity index (χ3v) is 6.63. The standard InChI is InChI=1S/C26H32BN5O7/c1-16(2)11-22(27-38-25(35)20-14-37-15-21(32(20)3)26(36)39-27)31-23(33)18(12-17-7-5-4-6-8-17)30-24(34)19-13-28-9-10-29-19/h4-10,13,16,18,20-22H,11-12,14-15H2,1-3H3,(H,30,34)(H,31,33)/t18?,20-,21-,22?/m0/s1. The van der Waals surface area contributed by atoms with Crippen molar-refractivity contribution in [2.75, 3.05) is 20.3 Å². The molecule has 2 N–H and O–H groups in total. The number of amides is 2. The van der Waals surface area contributed by atoms with E-state index >= 15 is 0 Å². The summed E-state index contributed by atoms with van der Waals surface area (Å²) >= 11 is 0. The van der Waals surface area contributed by atoms with Gasteiger partial charge in [0.05, 0.1) is 25.4 Å². The number of hydrogen-bond acceptors (Lipinski definition) is 10. The summed E-state index contributed by atoms with van der Waals surface area (Å²) in [6, 6.07) is 6.66. The fraction of sp³-hybridized carbons (Fsp3) is 0.462. The Morgan fingerprint density at radius 3 is 2.31 bits per heavy atom. The Balaban J connectivity index is 1.56. The number of benzene rings is 1. The van der Waals surface area contributed by atoms with E-state index in [0.29, 0.717) is 6.42 Å². The van der Waals surface area contributed by atoms with E-state index in [1.807, 2.05) is 44.2 Å².